The average Bonchev–Trinajstić information content (AvgIpc) is 3.46. The number of likely N-dealkylation sites (N-methyl/N-ethyl adjacent to an activating group) is 1. The molecule has 3 aromatic rings. The minimum atomic E-state index is -0.319. The number of aliphatic hydroxyl groups is 1. The van der Waals surface area contributed by atoms with Gasteiger partial charge in [-0.2, -0.15) is 5.10 Å². The van der Waals surface area contributed by atoms with Crippen LogP contribution in [0.2, 0.25) is 0 Å². The van der Waals surface area contributed by atoms with Crippen LogP contribution in [-0.2, 0) is 13.0 Å². The molecule has 1 fully saturated rings. The zero-order chi connectivity index (χ0) is 31.9. The number of benzene rings is 2. The molecule has 1 N–H and O–H groups in total. The van der Waals surface area contributed by atoms with Crippen LogP contribution < -0.4 is 4.90 Å². The molecule has 3 heterocycles. The summed E-state index contributed by atoms with van der Waals surface area (Å²) in [6.07, 6.45) is 4.91. The van der Waals surface area contributed by atoms with E-state index >= 15 is 0 Å². The number of Topliss-reactive ketones (excluding diaryl/α,β-unsaturated/α-hetero) is 1. The molecule has 1 amide bonds. The molecule has 2 aromatic carbocycles. The van der Waals surface area contributed by atoms with Crippen LogP contribution in [0, 0.1) is 6.92 Å². The summed E-state index contributed by atoms with van der Waals surface area (Å²) in [7, 11) is 2.13. The lowest BCUT2D eigenvalue weighted by Crippen LogP contribution is -2.47. The first-order valence-corrected chi connectivity index (χ1v) is 16.7. The van der Waals surface area contributed by atoms with Gasteiger partial charge in [0.25, 0.3) is 5.91 Å². The SMILES string of the molecule is CCCCN(CCCC)CC(=O)c1cc(C)n(-c2ccc(N3CCN(C)CC3)cc2C(=O)N2Cc3ccccc3CC2CO)n1. The summed E-state index contributed by atoms with van der Waals surface area (Å²) in [6.45, 7) is 12.4. The highest BCUT2D eigenvalue weighted by Crippen LogP contribution is 2.30. The van der Waals surface area contributed by atoms with E-state index in [1.807, 2.05) is 37.3 Å². The maximum atomic E-state index is 14.5. The number of anilines is 1. The number of fused-ring (bicyclic) bond motifs is 1. The van der Waals surface area contributed by atoms with Gasteiger partial charge in [-0.25, -0.2) is 4.68 Å². The maximum Gasteiger partial charge on any atom is 0.256 e. The topological polar surface area (TPSA) is 85.2 Å². The number of rotatable bonds is 13. The molecule has 0 saturated carbocycles. The standard InChI is InChI=1S/C36H50N6O3/c1-5-7-15-39(16-8-6-2)25-35(44)33-21-27(3)42(37-33)34-14-13-30(40-19-17-38(4)18-20-40)23-32(34)36(45)41-24-29-12-10-9-11-28(29)22-31(41)26-43/h9-14,21,23,31,43H,5-8,15-20,22,24-26H2,1-4H3. The van der Waals surface area contributed by atoms with Crippen LogP contribution in [0.15, 0.2) is 48.5 Å². The lowest BCUT2D eigenvalue weighted by Gasteiger charge is -2.37. The first-order chi connectivity index (χ1) is 21.8. The quantitative estimate of drug-likeness (QED) is 0.282. The number of hydrogen-bond donors (Lipinski definition) is 1. The van der Waals surface area contributed by atoms with E-state index in [2.05, 4.69) is 53.8 Å². The summed E-state index contributed by atoms with van der Waals surface area (Å²) in [5.41, 5.74) is 5.68. The van der Waals surface area contributed by atoms with Gasteiger partial charge in [-0.15, -0.1) is 0 Å². The van der Waals surface area contributed by atoms with Crippen molar-refractivity contribution in [3.63, 3.8) is 0 Å². The smallest absolute Gasteiger partial charge is 0.256 e. The Morgan fingerprint density at radius 3 is 2.31 bits per heavy atom. The van der Waals surface area contributed by atoms with Crippen LogP contribution in [0.3, 0.4) is 0 Å². The Balaban J connectivity index is 1.49. The summed E-state index contributed by atoms with van der Waals surface area (Å²) < 4.78 is 1.75. The monoisotopic (exact) mass is 614 g/mol. The van der Waals surface area contributed by atoms with E-state index in [1.54, 1.807) is 9.58 Å². The summed E-state index contributed by atoms with van der Waals surface area (Å²) in [5.74, 6) is -0.137. The van der Waals surface area contributed by atoms with E-state index < -0.39 is 0 Å². The molecule has 0 aliphatic carbocycles. The summed E-state index contributed by atoms with van der Waals surface area (Å²) in [4.78, 5) is 36.7. The second-order valence-electron chi connectivity index (χ2n) is 12.7. The molecule has 2 aliphatic rings. The van der Waals surface area contributed by atoms with Crippen molar-refractivity contribution in [1.29, 1.82) is 0 Å². The molecule has 2 aliphatic heterocycles. The number of hydrogen-bond acceptors (Lipinski definition) is 7. The number of piperazine rings is 1. The van der Waals surface area contributed by atoms with Gasteiger partial charge in [0, 0.05) is 44.1 Å². The summed E-state index contributed by atoms with van der Waals surface area (Å²) in [6, 6.07) is 15.7. The van der Waals surface area contributed by atoms with Crippen LogP contribution in [0.25, 0.3) is 5.69 Å². The molecule has 0 spiro atoms. The Bertz CT molecular complexity index is 1450. The van der Waals surface area contributed by atoms with Crippen molar-refractivity contribution < 1.29 is 14.7 Å². The van der Waals surface area contributed by atoms with Crippen molar-refractivity contribution in [1.82, 2.24) is 24.5 Å². The Labute approximate surface area is 268 Å². The molecule has 9 heteroatoms. The Morgan fingerprint density at radius 2 is 1.64 bits per heavy atom. The number of ketones is 1. The first kappa shape index (κ1) is 32.9. The first-order valence-electron chi connectivity index (χ1n) is 16.7. The number of amides is 1. The Morgan fingerprint density at radius 1 is 0.956 bits per heavy atom. The number of aryl methyl sites for hydroxylation is 1. The third kappa shape index (κ3) is 7.65. The van der Waals surface area contributed by atoms with E-state index in [1.165, 1.54) is 5.56 Å². The lowest BCUT2D eigenvalue weighted by atomic mass is 9.93. The number of unbranched alkanes of at least 4 members (excludes halogenated alkanes) is 2. The van der Waals surface area contributed by atoms with E-state index in [-0.39, 0.29) is 24.3 Å². The number of aliphatic hydroxyl groups excluding tert-OH is 1. The summed E-state index contributed by atoms with van der Waals surface area (Å²) in [5, 5.41) is 15.2. The van der Waals surface area contributed by atoms with Gasteiger partial charge < -0.3 is 19.8 Å². The third-order valence-corrected chi connectivity index (χ3v) is 9.33. The van der Waals surface area contributed by atoms with Gasteiger partial charge in [0.2, 0.25) is 0 Å². The second-order valence-corrected chi connectivity index (χ2v) is 12.7. The Kier molecular flexibility index (Phi) is 11.1. The predicted molar refractivity (Wildman–Crippen MR) is 179 cm³/mol. The zero-order valence-electron chi connectivity index (χ0n) is 27.5. The van der Waals surface area contributed by atoms with Crippen LogP contribution in [0.5, 0.6) is 0 Å². The maximum absolute atomic E-state index is 14.5. The highest BCUT2D eigenvalue weighted by atomic mass is 16.3. The van der Waals surface area contributed by atoms with Crippen molar-refractivity contribution in [2.45, 2.75) is 65.5 Å². The molecule has 0 radical (unpaired) electrons. The van der Waals surface area contributed by atoms with Crippen molar-refractivity contribution >= 4 is 17.4 Å². The number of nitrogens with zero attached hydrogens (tertiary/aromatic N) is 6. The molecule has 242 valence electrons. The van der Waals surface area contributed by atoms with E-state index in [4.69, 9.17) is 5.10 Å². The normalized spacial score (nSPS) is 17.2. The lowest BCUT2D eigenvalue weighted by molar-refractivity contribution is 0.0544. The second kappa shape index (κ2) is 15.2. The highest BCUT2D eigenvalue weighted by Gasteiger charge is 2.32. The average molecular weight is 615 g/mol. The predicted octanol–water partition coefficient (Wildman–Crippen LogP) is 4.58. The summed E-state index contributed by atoms with van der Waals surface area (Å²) >= 11 is 0. The molecule has 0 bridgehead atoms. The fourth-order valence-corrected chi connectivity index (χ4v) is 6.46. The van der Waals surface area contributed by atoms with Crippen LogP contribution in [0.4, 0.5) is 5.69 Å². The molecule has 1 saturated heterocycles. The van der Waals surface area contributed by atoms with Crippen LogP contribution in [-0.4, -0.2) is 107 Å². The molecule has 9 nitrogen and oxygen atoms in total. The van der Waals surface area contributed by atoms with Crippen LogP contribution >= 0.6 is 0 Å². The molecule has 1 atom stereocenters. The minimum Gasteiger partial charge on any atom is -0.394 e. The van der Waals surface area contributed by atoms with Gasteiger partial charge in [-0.05, 0) is 81.7 Å². The molecule has 1 unspecified atom stereocenters. The minimum absolute atomic E-state index is 0.000952. The Hall–Kier alpha value is -3.53. The van der Waals surface area contributed by atoms with Gasteiger partial charge in [0.15, 0.2) is 5.78 Å². The third-order valence-electron chi connectivity index (χ3n) is 9.33. The molecule has 1 aromatic heterocycles. The fraction of sp³-hybridized carbons (Fsp3) is 0.528. The van der Waals surface area contributed by atoms with E-state index in [0.29, 0.717) is 36.5 Å². The number of carbonyl (C=O) groups is 2. The van der Waals surface area contributed by atoms with Gasteiger partial charge in [-0.1, -0.05) is 51.0 Å². The molecular weight excluding hydrogens is 564 g/mol. The van der Waals surface area contributed by atoms with Crippen molar-refractivity contribution in [2.75, 3.05) is 64.4 Å². The van der Waals surface area contributed by atoms with Gasteiger partial charge >= 0.3 is 0 Å². The van der Waals surface area contributed by atoms with E-state index in [0.717, 1.165) is 81.9 Å². The van der Waals surface area contributed by atoms with Crippen molar-refractivity contribution in [3.8, 4) is 5.69 Å². The fourth-order valence-electron chi connectivity index (χ4n) is 6.46. The largest absolute Gasteiger partial charge is 0.394 e. The van der Waals surface area contributed by atoms with Crippen molar-refractivity contribution in [3.05, 3.63) is 76.6 Å². The molecular formula is C36H50N6O3. The van der Waals surface area contributed by atoms with Gasteiger partial charge in [0.05, 0.1) is 30.4 Å². The van der Waals surface area contributed by atoms with Gasteiger partial charge in [0.1, 0.15) is 5.69 Å². The number of aromatic nitrogens is 2. The van der Waals surface area contributed by atoms with Gasteiger partial charge in [-0.3, -0.25) is 14.5 Å². The van der Waals surface area contributed by atoms with Crippen LogP contribution in [0.1, 0.15) is 77.2 Å². The van der Waals surface area contributed by atoms with Crippen molar-refractivity contribution in [2.24, 2.45) is 0 Å². The zero-order valence-corrected chi connectivity index (χ0v) is 27.5. The van der Waals surface area contributed by atoms with E-state index in [9.17, 15) is 14.7 Å². The number of carbonyl (C=O) groups excluding carboxylic acids is 2. The highest BCUT2D eigenvalue weighted by molar-refractivity contribution is 6.00. The molecule has 5 rings (SSSR count). The molecule has 45 heavy (non-hydrogen) atoms.